The molecule has 0 saturated carbocycles. The highest BCUT2D eigenvalue weighted by molar-refractivity contribution is 6.76. The molecule has 1 saturated heterocycles. The molecule has 1 aromatic rings. The van der Waals surface area contributed by atoms with E-state index in [1.165, 1.54) is 0 Å². The lowest BCUT2D eigenvalue weighted by atomic mass is 9.88. The molecule has 1 fully saturated rings. The van der Waals surface area contributed by atoms with Crippen molar-refractivity contribution in [2.24, 2.45) is 0 Å². The summed E-state index contributed by atoms with van der Waals surface area (Å²) in [5.41, 5.74) is -0.931. The Hall–Kier alpha value is -1.17. The van der Waals surface area contributed by atoms with Gasteiger partial charge in [-0.2, -0.15) is 0 Å². The van der Waals surface area contributed by atoms with Crippen molar-refractivity contribution in [3.05, 3.63) is 35.4 Å². The third-order valence-electron chi connectivity index (χ3n) is 4.45. The van der Waals surface area contributed by atoms with Crippen LogP contribution in [-0.2, 0) is 10.5 Å². The molecule has 2 aliphatic heterocycles. The fraction of sp³-hybridized carbons (Fsp3) is 0.562. The van der Waals surface area contributed by atoms with Crippen LogP contribution in [0.15, 0.2) is 24.3 Å². The highest BCUT2D eigenvalue weighted by atomic mass is 28.3. The fourth-order valence-electron chi connectivity index (χ4n) is 3.47. The summed E-state index contributed by atoms with van der Waals surface area (Å²) in [6, 6.07) is 8.13. The molecule has 4 nitrogen and oxygen atoms in total. The highest BCUT2D eigenvalue weighted by Gasteiger charge is 2.66. The van der Waals surface area contributed by atoms with Crippen molar-refractivity contribution in [2.75, 3.05) is 0 Å². The maximum absolute atomic E-state index is 12.8. The predicted molar refractivity (Wildman–Crippen MR) is 83.6 cm³/mol. The highest BCUT2D eigenvalue weighted by Crippen LogP contribution is 2.53. The van der Waals surface area contributed by atoms with E-state index >= 15 is 0 Å². The first-order valence-corrected chi connectivity index (χ1v) is 11.1. The Morgan fingerprint density at radius 1 is 1.29 bits per heavy atom. The lowest BCUT2D eigenvalue weighted by Crippen LogP contribution is -2.51. The van der Waals surface area contributed by atoms with Crippen LogP contribution in [0.3, 0.4) is 0 Å². The number of carbonyl (C=O) groups excluding carboxylic acids is 1. The van der Waals surface area contributed by atoms with Gasteiger partial charge < -0.3 is 9.84 Å². The Labute approximate surface area is 126 Å². The molecule has 1 N–H and O–H groups in total. The quantitative estimate of drug-likeness (QED) is 0.855. The van der Waals surface area contributed by atoms with Gasteiger partial charge in [0.05, 0.1) is 0 Å². The lowest BCUT2D eigenvalue weighted by molar-refractivity contribution is -0.132. The van der Waals surface area contributed by atoms with Gasteiger partial charge >= 0.3 is 0 Å². The lowest BCUT2D eigenvalue weighted by Gasteiger charge is -2.35. The molecule has 0 spiro atoms. The average molecular weight is 305 g/mol. The van der Waals surface area contributed by atoms with Gasteiger partial charge in [0.25, 0.3) is 5.91 Å². The molecule has 0 radical (unpaired) electrons. The van der Waals surface area contributed by atoms with Crippen LogP contribution in [0.4, 0.5) is 0 Å². The number of rotatable bonds is 2. The minimum absolute atomic E-state index is 0.123. The monoisotopic (exact) mass is 305 g/mol. The van der Waals surface area contributed by atoms with E-state index in [0.29, 0.717) is 11.1 Å². The van der Waals surface area contributed by atoms with Crippen LogP contribution >= 0.6 is 0 Å². The van der Waals surface area contributed by atoms with Crippen LogP contribution in [0.25, 0.3) is 0 Å². The molecular weight excluding hydrogens is 282 g/mol. The van der Waals surface area contributed by atoms with Crippen LogP contribution in [0, 0.1) is 0 Å². The zero-order valence-electron chi connectivity index (χ0n) is 13.3. The van der Waals surface area contributed by atoms with Crippen LogP contribution in [-0.4, -0.2) is 35.8 Å². The van der Waals surface area contributed by atoms with E-state index < -0.39 is 19.4 Å². The van der Waals surface area contributed by atoms with Crippen molar-refractivity contribution in [3.8, 4) is 0 Å². The number of hydrogen-bond acceptors (Lipinski definition) is 3. The molecule has 0 aliphatic carbocycles. The zero-order valence-corrected chi connectivity index (χ0v) is 14.3. The molecule has 2 atom stereocenters. The number of fused-ring (bicyclic) bond motifs is 3. The number of hydrogen-bond donors (Lipinski definition) is 1. The first kappa shape index (κ1) is 14.8. The number of aliphatic hydroxyl groups is 1. The van der Waals surface area contributed by atoms with Gasteiger partial charge in [0, 0.05) is 19.2 Å². The van der Waals surface area contributed by atoms with E-state index in [2.05, 4.69) is 19.6 Å². The smallest absolute Gasteiger partial charge is 0.258 e. The van der Waals surface area contributed by atoms with Gasteiger partial charge in [0.1, 0.15) is 11.8 Å². The number of benzene rings is 1. The largest absolute Gasteiger partial charge is 0.364 e. The molecule has 1 amide bonds. The Morgan fingerprint density at radius 3 is 2.52 bits per heavy atom. The maximum Gasteiger partial charge on any atom is 0.258 e. The van der Waals surface area contributed by atoms with Crippen molar-refractivity contribution in [1.82, 2.24) is 4.90 Å². The van der Waals surface area contributed by atoms with Crippen LogP contribution in [0.1, 0.15) is 29.8 Å². The first-order chi connectivity index (χ1) is 9.58. The van der Waals surface area contributed by atoms with Crippen molar-refractivity contribution in [3.63, 3.8) is 0 Å². The molecular formula is C16H23NO3Si. The SMILES string of the molecule is CC1(C)OC(C[Si](C)(C)C)N2C(=O)c3ccccc3C21O. The summed E-state index contributed by atoms with van der Waals surface area (Å²) in [6.45, 7) is 10.5. The Morgan fingerprint density at radius 2 is 1.90 bits per heavy atom. The van der Waals surface area contributed by atoms with Crippen LogP contribution < -0.4 is 0 Å². The summed E-state index contributed by atoms with van der Waals surface area (Å²) in [6.07, 6.45) is -0.350. The molecule has 0 aromatic heterocycles. The van der Waals surface area contributed by atoms with E-state index in [1.54, 1.807) is 11.0 Å². The Bertz CT molecular complexity index is 608. The second kappa shape index (κ2) is 4.18. The second-order valence-corrected chi connectivity index (χ2v) is 13.3. The van der Waals surface area contributed by atoms with Gasteiger partial charge in [-0.05, 0) is 26.0 Å². The van der Waals surface area contributed by atoms with Crippen molar-refractivity contribution < 1.29 is 14.6 Å². The molecule has 2 unspecified atom stereocenters. The summed E-state index contributed by atoms with van der Waals surface area (Å²) in [5, 5.41) is 11.3. The van der Waals surface area contributed by atoms with Crippen molar-refractivity contribution >= 4 is 14.0 Å². The summed E-state index contributed by atoms with van der Waals surface area (Å²) < 4.78 is 6.11. The summed E-state index contributed by atoms with van der Waals surface area (Å²) in [7, 11) is -1.44. The van der Waals surface area contributed by atoms with E-state index in [4.69, 9.17) is 4.74 Å². The van der Waals surface area contributed by atoms with Crippen LogP contribution in [0.5, 0.6) is 0 Å². The molecule has 5 heteroatoms. The van der Waals surface area contributed by atoms with Crippen molar-refractivity contribution in [1.29, 1.82) is 0 Å². The molecule has 1 aromatic carbocycles. The molecule has 21 heavy (non-hydrogen) atoms. The third-order valence-corrected chi connectivity index (χ3v) is 6.02. The van der Waals surface area contributed by atoms with E-state index in [-0.39, 0.29) is 12.1 Å². The number of carbonyl (C=O) groups is 1. The normalized spacial score (nSPS) is 30.5. The number of amides is 1. The fourth-order valence-corrected chi connectivity index (χ4v) is 4.78. The van der Waals surface area contributed by atoms with E-state index in [9.17, 15) is 9.90 Å². The standard InChI is InChI=1S/C16H23NO3Si/c1-15(2)16(19)12-9-7-6-8-11(12)14(18)17(16)13(20-15)10-21(3,4)5/h6-9,13,19H,10H2,1-5H3. The first-order valence-electron chi connectivity index (χ1n) is 7.41. The van der Waals surface area contributed by atoms with Crippen molar-refractivity contribution in [2.45, 2.75) is 57.1 Å². The zero-order chi connectivity index (χ0) is 15.6. The second-order valence-electron chi connectivity index (χ2n) is 7.74. The molecule has 2 aliphatic rings. The molecule has 0 bridgehead atoms. The van der Waals surface area contributed by atoms with E-state index in [1.807, 2.05) is 32.0 Å². The third kappa shape index (κ3) is 1.91. The summed E-state index contributed by atoms with van der Waals surface area (Å²) in [5.74, 6) is -0.123. The van der Waals surface area contributed by atoms with Gasteiger partial charge in [-0.1, -0.05) is 37.8 Å². The Balaban J connectivity index is 2.12. The topological polar surface area (TPSA) is 49.8 Å². The molecule has 2 heterocycles. The summed E-state index contributed by atoms with van der Waals surface area (Å²) in [4.78, 5) is 14.3. The molecule has 3 rings (SSSR count). The van der Waals surface area contributed by atoms with E-state index in [0.717, 1.165) is 6.04 Å². The van der Waals surface area contributed by atoms with Gasteiger partial charge in [-0.3, -0.25) is 9.69 Å². The van der Waals surface area contributed by atoms with Gasteiger partial charge in [0.2, 0.25) is 0 Å². The van der Waals surface area contributed by atoms with Gasteiger partial charge in [-0.15, -0.1) is 0 Å². The minimum atomic E-state index is -1.44. The Kier molecular flexibility index (Phi) is 2.94. The predicted octanol–water partition coefficient (Wildman–Crippen LogP) is 2.76. The van der Waals surface area contributed by atoms with Gasteiger partial charge in [-0.25, -0.2) is 0 Å². The number of nitrogens with zero attached hydrogens (tertiary/aromatic N) is 1. The number of ether oxygens (including phenoxy) is 1. The summed E-state index contributed by atoms with van der Waals surface area (Å²) >= 11 is 0. The average Bonchev–Trinajstić information content (AvgIpc) is 2.68. The van der Waals surface area contributed by atoms with Gasteiger partial charge in [0.15, 0.2) is 5.72 Å². The van der Waals surface area contributed by atoms with Crippen LogP contribution in [0.2, 0.25) is 25.7 Å². The molecule has 114 valence electrons. The maximum atomic E-state index is 12.8. The minimum Gasteiger partial charge on any atom is -0.364 e.